The molecule has 0 saturated heterocycles. The Labute approximate surface area is 63.4 Å². The highest BCUT2D eigenvalue weighted by Gasteiger charge is 1.90. The Morgan fingerprint density at radius 2 is 2.20 bits per heavy atom. The summed E-state index contributed by atoms with van der Waals surface area (Å²) in [5, 5.41) is 8.31. The molecular weight excluding hydrogens is 122 g/mol. The molecular formula is C9H15N. The van der Waals surface area contributed by atoms with Gasteiger partial charge in [0.05, 0.1) is 12.5 Å². The minimum absolute atomic E-state index is 0.576. The van der Waals surface area contributed by atoms with Crippen molar-refractivity contribution in [3.63, 3.8) is 0 Å². The standard InChI is InChI=1S/C9H15N/c1-8(2)4-5-9(3)6-7-10/h5,8H,4,6H2,1-3H3. The van der Waals surface area contributed by atoms with E-state index in [1.54, 1.807) is 0 Å². The van der Waals surface area contributed by atoms with Crippen LogP contribution in [0, 0.1) is 17.2 Å². The molecule has 0 atom stereocenters. The van der Waals surface area contributed by atoms with Crippen LogP contribution in [0.3, 0.4) is 0 Å². The van der Waals surface area contributed by atoms with Crippen molar-refractivity contribution in [3.8, 4) is 6.07 Å². The third-order valence-electron chi connectivity index (χ3n) is 1.30. The van der Waals surface area contributed by atoms with Crippen molar-refractivity contribution in [1.82, 2.24) is 0 Å². The summed E-state index contributed by atoms with van der Waals surface area (Å²) in [7, 11) is 0. The first kappa shape index (κ1) is 9.23. The van der Waals surface area contributed by atoms with Gasteiger partial charge in [0.25, 0.3) is 0 Å². The largest absolute Gasteiger partial charge is 0.198 e. The van der Waals surface area contributed by atoms with Crippen molar-refractivity contribution in [3.05, 3.63) is 11.6 Å². The van der Waals surface area contributed by atoms with E-state index in [2.05, 4.69) is 26.0 Å². The van der Waals surface area contributed by atoms with E-state index >= 15 is 0 Å². The van der Waals surface area contributed by atoms with Crippen molar-refractivity contribution >= 4 is 0 Å². The summed E-state index contributed by atoms with van der Waals surface area (Å²) in [6, 6.07) is 2.12. The highest BCUT2D eigenvalue weighted by atomic mass is 14.2. The minimum Gasteiger partial charge on any atom is -0.198 e. The fourth-order valence-electron chi connectivity index (χ4n) is 0.634. The molecule has 0 heterocycles. The lowest BCUT2D eigenvalue weighted by molar-refractivity contribution is 0.660. The Morgan fingerprint density at radius 3 is 2.60 bits per heavy atom. The minimum atomic E-state index is 0.576. The molecule has 0 aromatic rings. The zero-order chi connectivity index (χ0) is 7.98. The van der Waals surface area contributed by atoms with Crippen LogP contribution in [0.15, 0.2) is 11.6 Å². The van der Waals surface area contributed by atoms with Crippen LogP contribution in [0.1, 0.15) is 33.6 Å². The second-order valence-electron chi connectivity index (χ2n) is 3.01. The molecule has 0 amide bonds. The van der Waals surface area contributed by atoms with Gasteiger partial charge >= 0.3 is 0 Å². The van der Waals surface area contributed by atoms with Gasteiger partial charge in [-0.2, -0.15) is 5.26 Å². The molecule has 0 aliphatic heterocycles. The summed E-state index contributed by atoms with van der Waals surface area (Å²) in [5.41, 5.74) is 1.19. The Balaban J connectivity index is 3.60. The van der Waals surface area contributed by atoms with Crippen LogP contribution in [-0.4, -0.2) is 0 Å². The smallest absolute Gasteiger partial charge is 0.0666 e. The molecule has 0 bridgehead atoms. The maximum atomic E-state index is 8.31. The summed E-state index contributed by atoms with van der Waals surface area (Å²) in [6.45, 7) is 6.36. The van der Waals surface area contributed by atoms with E-state index in [9.17, 15) is 0 Å². The topological polar surface area (TPSA) is 23.8 Å². The van der Waals surface area contributed by atoms with Crippen LogP contribution >= 0.6 is 0 Å². The maximum Gasteiger partial charge on any atom is 0.0666 e. The summed E-state index contributed by atoms with van der Waals surface area (Å²) in [5.74, 6) is 0.702. The number of hydrogen-bond donors (Lipinski definition) is 0. The number of rotatable bonds is 3. The van der Waals surface area contributed by atoms with Crippen molar-refractivity contribution in [1.29, 1.82) is 5.26 Å². The van der Waals surface area contributed by atoms with Gasteiger partial charge in [-0.05, 0) is 19.3 Å². The van der Waals surface area contributed by atoms with Crippen molar-refractivity contribution in [2.75, 3.05) is 0 Å². The average Bonchev–Trinajstić information content (AvgIpc) is 1.85. The highest BCUT2D eigenvalue weighted by Crippen LogP contribution is 2.05. The maximum absolute atomic E-state index is 8.31. The molecule has 0 aliphatic rings. The lowest BCUT2D eigenvalue weighted by atomic mass is 10.1. The third-order valence-corrected chi connectivity index (χ3v) is 1.30. The van der Waals surface area contributed by atoms with E-state index in [0.29, 0.717) is 12.3 Å². The molecule has 0 fully saturated rings. The predicted octanol–water partition coefficient (Wildman–Crippen LogP) is 2.89. The fraction of sp³-hybridized carbons (Fsp3) is 0.667. The lowest BCUT2D eigenvalue weighted by Gasteiger charge is -1.98. The molecule has 1 heteroatoms. The van der Waals surface area contributed by atoms with Gasteiger partial charge in [-0.25, -0.2) is 0 Å². The molecule has 56 valence electrons. The first-order chi connectivity index (χ1) is 4.66. The molecule has 0 aromatic carbocycles. The zero-order valence-corrected chi connectivity index (χ0v) is 7.02. The van der Waals surface area contributed by atoms with Crippen molar-refractivity contribution in [2.45, 2.75) is 33.6 Å². The van der Waals surface area contributed by atoms with Crippen molar-refractivity contribution < 1.29 is 0 Å². The number of hydrogen-bond acceptors (Lipinski definition) is 1. The van der Waals surface area contributed by atoms with Gasteiger partial charge in [-0.1, -0.05) is 25.5 Å². The Bertz CT molecular complexity index is 149. The van der Waals surface area contributed by atoms with Gasteiger partial charge in [-0.3, -0.25) is 0 Å². The molecule has 0 radical (unpaired) electrons. The molecule has 1 nitrogen and oxygen atoms in total. The van der Waals surface area contributed by atoms with Crippen LogP contribution in [0.4, 0.5) is 0 Å². The van der Waals surface area contributed by atoms with Gasteiger partial charge in [0, 0.05) is 0 Å². The van der Waals surface area contributed by atoms with E-state index in [4.69, 9.17) is 5.26 Å². The molecule has 0 aromatic heterocycles. The van der Waals surface area contributed by atoms with Gasteiger partial charge < -0.3 is 0 Å². The molecule has 0 unspecified atom stereocenters. The van der Waals surface area contributed by atoms with Crippen LogP contribution in [-0.2, 0) is 0 Å². The van der Waals surface area contributed by atoms with Crippen LogP contribution in [0.25, 0.3) is 0 Å². The van der Waals surface area contributed by atoms with E-state index in [1.807, 2.05) is 6.92 Å². The summed E-state index contributed by atoms with van der Waals surface area (Å²) >= 11 is 0. The molecule has 0 spiro atoms. The van der Waals surface area contributed by atoms with Gasteiger partial charge in [0.1, 0.15) is 0 Å². The molecule has 0 rings (SSSR count). The zero-order valence-electron chi connectivity index (χ0n) is 7.02. The molecule has 0 aliphatic carbocycles. The van der Waals surface area contributed by atoms with E-state index in [-0.39, 0.29) is 0 Å². The number of allylic oxidation sites excluding steroid dienone is 2. The SMILES string of the molecule is CC(=CCC(C)C)CC#N. The Morgan fingerprint density at radius 1 is 1.60 bits per heavy atom. The monoisotopic (exact) mass is 137 g/mol. The van der Waals surface area contributed by atoms with Gasteiger partial charge in [0.15, 0.2) is 0 Å². The first-order valence-corrected chi connectivity index (χ1v) is 3.69. The molecule has 10 heavy (non-hydrogen) atoms. The molecule has 0 saturated carbocycles. The average molecular weight is 137 g/mol. The van der Waals surface area contributed by atoms with E-state index in [0.717, 1.165) is 6.42 Å². The first-order valence-electron chi connectivity index (χ1n) is 3.69. The van der Waals surface area contributed by atoms with Crippen LogP contribution in [0.2, 0.25) is 0 Å². The summed E-state index contributed by atoms with van der Waals surface area (Å²) < 4.78 is 0. The van der Waals surface area contributed by atoms with Gasteiger partial charge in [-0.15, -0.1) is 0 Å². The third kappa shape index (κ3) is 5.37. The van der Waals surface area contributed by atoms with E-state index < -0.39 is 0 Å². The number of nitriles is 1. The van der Waals surface area contributed by atoms with Crippen LogP contribution in [0.5, 0.6) is 0 Å². The second kappa shape index (κ2) is 5.05. The predicted molar refractivity (Wildman–Crippen MR) is 43.4 cm³/mol. The van der Waals surface area contributed by atoms with Crippen molar-refractivity contribution in [2.24, 2.45) is 5.92 Å². The summed E-state index contributed by atoms with van der Waals surface area (Å²) in [4.78, 5) is 0. The second-order valence-corrected chi connectivity index (χ2v) is 3.01. The van der Waals surface area contributed by atoms with E-state index in [1.165, 1.54) is 5.57 Å². The quantitative estimate of drug-likeness (QED) is 0.549. The lowest BCUT2D eigenvalue weighted by Crippen LogP contribution is -1.83. The normalized spacial score (nSPS) is 11.7. The summed E-state index contributed by atoms with van der Waals surface area (Å²) in [6.07, 6.45) is 3.81. The highest BCUT2D eigenvalue weighted by molar-refractivity contribution is 5.04. The Kier molecular flexibility index (Phi) is 4.66. The van der Waals surface area contributed by atoms with Gasteiger partial charge in [0.2, 0.25) is 0 Å². The molecule has 0 N–H and O–H groups in total. The fourth-order valence-corrected chi connectivity index (χ4v) is 0.634. The number of nitrogens with zero attached hydrogens (tertiary/aromatic N) is 1. The van der Waals surface area contributed by atoms with Crippen LogP contribution < -0.4 is 0 Å². The Hall–Kier alpha value is -0.770.